The van der Waals surface area contributed by atoms with Crippen LogP contribution in [0, 0.1) is 0 Å². The Morgan fingerprint density at radius 2 is 1.16 bits per heavy atom. The van der Waals surface area contributed by atoms with E-state index in [2.05, 4.69) is 6.92 Å². The number of phosphoric ester groups is 1. The fourth-order valence-electron chi connectivity index (χ4n) is 3.65. The number of quaternary nitrogens is 1. The normalized spacial score (nSPS) is 15.1. The number of rotatable bonds is 24. The first-order chi connectivity index (χ1) is 15.2. The zero-order chi connectivity index (χ0) is 24.1. The van der Waals surface area contributed by atoms with Crippen LogP contribution in [0.1, 0.15) is 116 Å². The van der Waals surface area contributed by atoms with Gasteiger partial charge in [-0.05, 0) is 6.42 Å². The molecule has 0 spiro atoms. The molecule has 1 N–H and O–H groups in total. The van der Waals surface area contributed by atoms with Gasteiger partial charge in [-0.1, -0.05) is 110 Å². The van der Waals surface area contributed by atoms with E-state index in [0.717, 1.165) is 12.8 Å². The summed E-state index contributed by atoms with van der Waals surface area (Å²) >= 11 is 0. The average Bonchev–Trinajstić information content (AvgIpc) is 2.71. The quantitative estimate of drug-likeness (QED) is 0.101. The lowest BCUT2D eigenvalue weighted by atomic mass is 10.0. The molecule has 0 bridgehead atoms. The van der Waals surface area contributed by atoms with Crippen LogP contribution in [-0.4, -0.2) is 56.6 Å². The summed E-state index contributed by atoms with van der Waals surface area (Å²) in [6, 6.07) is 0. The lowest BCUT2D eigenvalue weighted by molar-refractivity contribution is -0.870. The van der Waals surface area contributed by atoms with Crippen molar-refractivity contribution in [3.63, 3.8) is 0 Å². The second kappa shape index (κ2) is 20.4. The second-order valence-corrected chi connectivity index (χ2v) is 11.7. The van der Waals surface area contributed by atoms with Crippen LogP contribution >= 0.6 is 7.82 Å². The Labute approximate surface area is 199 Å². The minimum atomic E-state index is -4.33. The highest BCUT2D eigenvalue weighted by Crippen LogP contribution is 2.38. The summed E-state index contributed by atoms with van der Waals surface area (Å²) in [5, 5.41) is 9.94. The molecule has 6 nitrogen and oxygen atoms in total. The van der Waals surface area contributed by atoms with Crippen molar-refractivity contribution in [1.29, 1.82) is 0 Å². The van der Waals surface area contributed by atoms with Crippen molar-refractivity contribution < 1.29 is 28.1 Å². The highest BCUT2D eigenvalue weighted by Gasteiger charge is 2.15. The minimum Gasteiger partial charge on any atom is -0.756 e. The number of hydrogen-bond acceptors (Lipinski definition) is 5. The molecule has 0 fully saturated rings. The Bertz CT molecular complexity index is 456. The number of nitrogens with zero attached hydrogens (tertiary/aromatic N) is 1. The lowest BCUT2D eigenvalue weighted by Gasteiger charge is -2.27. The van der Waals surface area contributed by atoms with Crippen molar-refractivity contribution in [3.8, 4) is 0 Å². The van der Waals surface area contributed by atoms with E-state index < -0.39 is 13.9 Å². The molecule has 0 heterocycles. The topological polar surface area (TPSA) is 78.8 Å². The fraction of sp³-hybridized carbons (Fsp3) is 1.00. The predicted molar refractivity (Wildman–Crippen MR) is 133 cm³/mol. The summed E-state index contributed by atoms with van der Waals surface area (Å²) in [4.78, 5) is 11.7. The maximum absolute atomic E-state index is 11.7. The molecule has 194 valence electrons. The molecule has 0 saturated carbocycles. The third-order valence-electron chi connectivity index (χ3n) is 5.83. The van der Waals surface area contributed by atoms with Gasteiger partial charge in [0.2, 0.25) is 0 Å². The van der Waals surface area contributed by atoms with E-state index in [1.807, 2.05) is 21.1 Å². The van der Waals surface area contributed by atoms with Crippen LogP contribution in [-0.2, 0) is 13.6 Å². The van der Waals surface area contributed by atoms with Crippen molar-refractivity contribution >= 4 is 7.82 Å². The van der Waals surface area contributed by atoms with Crippen LogP contribution < -0.4 is 4.89 Å². The van der Waals surface area contributed by atoms with Crippen LogP contribution in [0.2, 0.25) is 0 Å². The summed E-state index contributed by atoms with van der Waals surface area (Å²) in [7, 11) is 1.55. The van der Waals surface area contributed by atoms with Crippen molar-refractivity contribution in [2.75, 3.05) is 40.9 Å². The fourth-order valence-corrected chi connectivity index (χ4v) is 4.39. The van der Waals surface area contributed by atoms with Gasteiger partial charge in [0.05, 0.1) is 33.9 Å². The Hall–Kier alpha value is 0.0300. The van der Waals surface area contributed by atoms with Gasteiger partial charge in [0.1, 0.15) is 13.2 Å². The van der Waals surface area contributed by atoms with Crippen molar-refractivity contribution in [1.82, 2.24) is 0 Å². The molecule has 0 amide bonds. The molecule has 32 heavy (non-hydrogen) atoms. The maximum Gasteiger partial charge on any atom is 0.268 e. The molecule has 7 heteroatoms. The molecule has 2 atom stereocenters. The molecular weight excluding hydrogens is 425 g/mol. The molecule has 0 rings (SSSR count). The molecule has 0 aliphatic carbocycles. The Balaban J connectivity index is 3.40. The zero-order valence-corrected chi connectivity index (χ0v) is 22.6. The Morgan fingerprint density at radius 3 is 1.56 bits per heavy atom. The first-order valence-electron chi connectivity index (χ1n) is 13.2. The summed E-state index contributed by atoms with van der Waals surface area (Å²) in [6.45, 7) is 2.70. The van der Waals surface area contributed by atoms with Crippen LogP contribution in [0.15, 0.2) is 0 Å². The van der Waals surface area contributed by atoms with Gasteiger partial charge in [-0.15, -0.1) is 0 Å². The summed E-state index contributed by atoms with van der Waals surface area (Å²) < 4.78 is 22.0. The number of aliphatic hydroxyl groups is 1. The molecule has 0 aliphatic heterocycles. The van der Waals surface area contributed by atoms with Gasteiger partial charge in [-0.3, -0.25) is 4.57 Å². The third-order valence-corrected chi connectivity index (χ3v) is 6.79. The van der Waals surface area contributed by atoms with Crippen molar-refractivity contribution in [2.45, 2.75) is 122 Å². The number of likely N-dealkylation sites (N-methyl/N-ethyl adjacent to an activating group) is 1. The summed E-state index contributed by atoms with van der Waals surface area (Å²) in [5.74, 6) is 0. The first kappa shape index (κ1) is 32.0. The summed E-state index contributed by atoms with van der Waals surface area (Å²) in [6.07, 6.45) is 20.8. The van der Waals surface area contributed by atoms with Gasteiger partial charge in [0.25, 0.3) is 7.82 Å². The standard InChI is InChI=1S/C25H54NO5P/c1-5-6-7-8-9-10-11-12-13-14-15-16-17-18-19-20-21-25(27)24-31-32(28,29)30-23-22-26(2,3)4/h25,27H,5-24H2,1-4H3/t25-/m1/s1. The van der Waals surface area contributed by atoms with E-state index in [1.165, 1.54) is 89.9 Å². The van der Waals surface area contributed by atoms with Gasteiger partial charge < -0.3 is 23.5 Å². The number of phosphoric acid groups is 1. The van der Waals surface area contributed by atoms with Crippen LogP contribution in [0.3, 0.4) is 0 Å². The minimum absolute atomic E-state index is 0.0828. The molecule has 0 aliphatic rings. The predicted octanol–water partition coefficient (Wildman–Crippen LogP) is 6.21. The van der Waals surface area contributed by atoms with Crippen LogP contribution in [0.5, 0.6) is 0 Å². The second-order valence-electron chi connectivity index (χ2n) is 10.3. The largest absolute Gasteiger partial charge is 0.756 e. The maximum atomic E-state index is 11.7. The monoisotopic (exact) mass is 479 g/mol. The smallest absolute Gasteiger partial charge is 0.268 e. The van der Waals surface area contributed by atoms with Gasteiger partial charge in [-0.2, -0.15) is 0 Å². The lowest BCUT2D eigenvalue weighted by Crippen LogP contribution is -2.37. The molecule has 0 saturated heterocycles. The van der Waals surface area contributed by atoms with E-state index in [1.54, 1.807) is 0 Å². The van der Waals surface area contributed by atoms with Crippen molar-refractivity contribution in [2.24, 2.45) is 0 Å². The molecular formula is C25H54NO5P. The highest BCUT2D eigenvalue weighted by atomic mass is 31.2. The SMILES string of the molecule is CCCCCCCCCCCCCCCCCC[C@@H](O)COP(=O)([O-])OCC[N+](C)(C)C. The van der Waals surface area contributed by atoms with Crippen molar-refractivity contribution in [3.05, 3.63) is 0 Å². The van der Waals surface area contributed by atoms with Crippen LogP contribution in [0.4, 0.5) is 0 Å². The highest BCUT2D eigenvalue weighted by molar-refractivity contribution is 7.45. The first-order valence-corrected chi connectivity index (χ1v) is 14.7. The van der Waals surface area contributed by atoms with E-state index in [4.69, 9.17) is 9.05 Å². The van der Waals surface area contributed by atoms with Gasteiger partial charge >= 0.3 is 0 Å². The Morgan fingerprint density at radius 1 is 0.750 bits per heavy atom. The molecule has 1 unspecified atom stereocenters. The molecule has 0 aromatic carbocycles. The number of unbranched alkanes of at least 4 members (excludes halogenated alkanes) is 15. The summed E-state index contributed by atoms with van der Waals surface area (Å²) in [5.41, 5.74) is 0. The van der Waals surface area contributed by atoms with Gasteiger partial charge in [0, 0.05) is 0 Å². The average molecular weight is 480 g/mol. The van der Waals surface area contributed by atoms with Crippen LogP contribution in [0.25, 0.3) is 0 Å². The third kappa shape index (κ3) is 24.7. The molecule has 0 aromatic rings. The Kier molecular flexibility index (Phi) is 20.4. The van der Waals surface area contributed by atoms with E-state index in [9.17, 15) is 14.6 Å². The van der Waals surface area contributed by atoms with E-state index >= 15 is 0 Å². The zero-order valence-electron chi connectivity index (χ0n) is 21.7. The number of aliphatic hydroxyl groups excluding tert-OH is 1. The number of hydrogen-bond donors (Lipinski definition) is 1. The van der Waals surface area contributed by atoms with E-state index in [0.29, 0.717) is 17.4 Å². The van der Waals surface area contributed by atoms with E-state index in [-0.39, 0.29) is 13.2 Å². The van der Waals surface area contributed by atoms with Gasteiger partial charge in [-0.25, -0.2) is 0 Å². The molecule has 0 radical (unpaired) electrons. The van der Waals surface area contributed by atoms with Gasteiger partial charge in [0.15, 0.2) is 0 Å². The molecule has 0 aromatic heterocycles.